The zero-order chi connectivity index (χ0) is 13.4. The van der Waals surface area contributed by atoms with Crippen LogP contribution in [0.5, 0.6) is 0 Å². The van der Waals surface area contributed by atoms with E-state index in [0.29, 0.717) is 6.54 Å². The highest BCUT2D eigenvalue weighted by atomic mass is 35.5. The Bertz CT molecular complexity index is 248. The number of rotatable bonds is 6. The lowest BCUT2D eigenvalue weighted by atomic mass is 10.1. The lowest BCUT2D eigenvalue weighted by Crippen LogP contribution is -2.34. The fourth-order valence-corrected chi connectivity index (χ4v) is 2.24. The van der Waals surface area contributed by atoms with Crippen molar-refractivity contribution in [3.8, 4) is 0 Å². The molecule has 1 aliphatic rings. The van der Waals surface area contributed by atoms with Crippen molar-refractivity contribution in [2.45, 2.75) is 58.5 Å². The number of hydrogen-bond donors (Lipinski definition) is 2. The van der Waals surface area contributed by atoms with Gasteiger partial charge in [0, 0.05) is 6.54 Å². The molecule has 0 aromatic rings. The maximum Gasteiger partial charge on any atom is 0.407 e. The van der Waals surface area contributed by atoms with Gasteiger partial charge in [-0.1, -0.05) is 12.8 Å². The molecule has 1 rings (SSSR count). The number of alkyl carbamates (subject to hydrolysis) is 1. The molecule has 0 heterocycles. The second kappa shape index (κ2) is 9.43. The summed E-state index contributed by atoms with van der Waals surface area (Å²) in [6, 6.07) is 0. The molecule has 1 aliphatic carbocycles. The second-order valence-electron chi connectivity index (χ2n) is 6.14. The van der Waals surface area contributed by atoms with Gasteiger partial charge in [0.25, 0.3) is 0 Å². The summed E-state index contributed by atoms with van der Waals surface area (Å²) >= 11 is 0. The average Bonchev–Trinajstić information content (AvgIpc) is 2.73. The molecule has 0 unspecified atom stereocenters. The first kappa shape index (κ1) is 18.5. The summed E-state index contributed by atoms with van der Waals surface area (Å²) in [6.07, 6.45) is 6.18. The molecule has 4 nitrogen and oxygen atoms in total. The average molecular weight is 293 g/mol. The van der Waals surface area contributed by atoms with E-state index < -0.39 is 5.60 Å². The Morgan fingerprint density at radius 2 is 1.84 bits per heavy atom. The predicted molar refractivity (Wildman–Crippen MR) is 80.9 cm³/mol. The van der Waals surface area contributed by atoms with Crippen LogP contribution in [-0.4, -0.2) is 31.3 Å². The van der Waals surface area contributed by atoms with Crippen LogP contribution in [0.15, 0.2) is 0 Å². The van der Waals surface area contributed by atoms with Crippen molar-refractivity contribution in [3.63, 3.8) is 0 Å². The zero-order valence-electron chi connectivity index (χ0n) is 12.5. The quantitative estimate of drug-likeness (QED) is 0.740. The van der Waals surface area contributed by atoms with Gasteiger partial charge in [0.1, 0.15) is 5.60 Å². The highest BCUT2D eigenvalue weighted by molar-refractivity contribution is 5.85. The SMILES string of the molecule is CC(C)(C)OC(=O)NCCCNCC1CCCC1.Cl. The van der Waals surface area contributed by atoms with Crippen molar-refractivity contribution in [3.05, 3.63) is 0 Å². The Labute approximate surface area is 123 Å². The molecular weight excluding hydrogens is 264 g/mol. The van der Waals surface area contributed by atoms with Gasteiger partial charge in [0.05, 0.1) is 0 Å². The first-order chi connectivity index (χ1) is 8.47. The van der Waals surface area contributed by atoms with E-state index in [2.05, 4.69) is 10.6 Å². The van der Waals surface area contributed by atoms with Crippen LogP contribution < -0.4 is 10.6 Å². The lowest BCUT2D eigenvalue weighted by molar-refractivity contribution is 0.0527. The molecule has 0 aromatic carbocycles. The summed E-state index contributed by atoms with van der Waals surface area (Å²) in [5.41, 5.74) is -0.412. The fraction of sp³-hybridized carbons (Fsp3) is 0.929. The van der Waals surface area contributed by atoms with Crippen LogP contribution in [-0.2, 0) is 4.74 Å². The lowest BCUT2D eigenvalue weighted by Gasteiger charge is -2.19. The van der Waals surface area contributed by atoms with Gasteiger partial charge in [-0.3, -0.25) is 0 Å². The van der Waals surface area contributed by atoms with E-state index in [1.807, 2.05) is 20.8 Å². The van der Waals surface area contributed by atoms with Gasteiger partial charge in [-0.15, -0.1) is 12.4 Å². The summed E-state index contributed by atoms with van der Waals surface area (Å²) in [5, 5.41) is 6.22. The van der Waals surface area contributed by atoms with Gasteiger partial charge < -0.3 is 15.4 Å². The van der Waals surface area contributed by atoms with Gasteiger partial charge >= 0.3 is 6.09 Å². The largest absolute Gasteiger partial charge is 0.444 e. The molecular formula is C14H29ClN2O2. The van der Waals surface area contributed by atoms with E-state index >= 15 is 0 Å². The predicted octanol–water partition coefficient (Wildman–Crippen LogP) is 3.10. The van der Waals surface area contributed by atoms with Crippen LogP contribution in [0.2, 0.25) is 0 Å². The van der Waals surface area contributed by atoms with Crippen molar-refractivity contribution in [2.24, 2.45) is 5.92 Å². The fourth-order valence-electron chi connectivity index (χ4n) is 2.24. The molecule has 1 saturated carbocycles. The summed E-state index contributed by atoms with van der Waals surface area (Å²) in [6.45, 7) is 8.38. The van der Waals surface area contributed by atoms with E-state index in [1.54, 1.807) is 0 Å². The summed E-state index contributed by atoms with van der Waals surface area (Å²) in [4.78, 5) is 11.3. The summed E-state index contributed by atoms with van der Waals surface area (Å²) in [5.74, 6) is 0.879. The van der Waals surface area contributed by atoms with E-state index in [-0.39, 0.29) is 18.5 Å². The normalized spacial score (nSPS) is 15.9. The second-order valence-corrected chi connectivity index (χ2v) is 6.14. The molecule has 5 heteroatoms. The molecule has 0 bridgehead atoms. The van der Waals surface area contributed by atoms with Crippen molar-refractivity contribution >= 4 is 18.5 Å². The van der Waals surface area contributed by atoms with E-state index in [1.165, 1.54) is 25.7 Å². The Hall–Kier alpha value is -0.480. The third kappa shape index (κ3) is 10.0. The van der Waals surface area contributed by atoms with Gasteiger partial charge in [-0.05, 0) is 59.0 Å². The molecule has 1 fully saturated rings. The summed E-state index contributed by atoms with van der Waals surface area (Å²) in [7, 11) is 0. The molecule has 0 aromatic heterocycles. The molecule has 0 aliphatic heterocycles. The third-order valence-corrected chi connectivity index (χ3v) is 3.11. The van der Waals surface area contributed by atoms with Crippen molar-refractivity contribution in [1.29, 1.82) is 0 Å². The van der Waals surface area contributed by atoms with Gasteiger partial charge in [-0.25, -0.2) is 4.79 Å². The van der Waals surface area contributed by atoms with Crippen LogP contribution in [0.1, 0.15) is 52.9 Å². The van der Waals surface area contributed by atoms with Crippen LogP contribution >= 0.6 is 12.4 Å². The Kier molecular flexibility index (Phi) is 9.19. The number of amides is 1. The first-order valence-electron chi connectivity index (χ1n) is 7.15. The number of hydrogen-bond acceptors (Lipinski definition) is 3. The molecule has 114 valence electrons. The number of carbonyl (C=O) groups is 1. The highest BCUT2D eigenvalue weighted by Gasteiger charge is 2.15. The smallest absolute Gasteiger partial charge is 0.407 e. The van der Waals surface area contributed by atoms with Crippen molar-refractivity contribution in [1.82, 2.24) is 10.6 Å². The van der Waals surface area contributed by atoms with Crippen LogP contribution in [0.3, 0.4) is 0 Å². The van der Waals surface area contributed by atoms with Gasteiger partial charge in [0.15, 0.2) is 0 Å². The van der Waals surface area contributed by atoms with E-state index in [0.717, 1.165) is 25.4 Å². The number of carbonyl (C=O) groups excluding carboxylic acids is 1. The molecule has 0 spiro atoms. The standard InChI is InChI=1S/C14H28N2O2.ClH/c1-14(2,3)18-13(17)16-10-6-9-15-11-12-7-4-5-8-12;/h12,15H,4-11H2,1-3H3,(H,16,17);1H. The minimum absolute atomic E-state index is 0. The zero-order valence-corrected chi connectivity index (χ0v) is 13.3. The van der Waals surface area contributed by atoms with E-state index in [9.17, 15) is 4.79 Å². The van der Waals surface area contributed by atoms with E-state index in [4.69, 9.17) is 4.74 Å². The minimum atomic E-state index is -0.412. The Morgan fingerprint density at radius 1 is 1.21 bits per heavy atom. The number of halogens is 1. The highest BCUT2D eigenvalue weighted by Crippen LogP contribution is 2.23. The van der Waals surface area contributed by atoms with Crippen LogP contribution in [0.4, 0.5) is 4.79 Å². The molecule has 19 heavy (non-hydrogen) atoms. The molecule has 2 N–H and O–H groups in total. The third-order valence-electron chi connectivity index (χ3n) is 3.11. The number of nitrogens with one attached hydrogen (secondary N) is 2. The van der Waals surface area contributed by atoms with Crippen molar-refractivity contribution in [2.75, 3.05) is 19.6 Å². The Balaban J connectivity index is 0.00000324. The maximum absolute atomic E-state index is 11.3. The minimum Gasteiger partial charge on any atom is -0.444 e. The maximum atomic E-state index is 11.3. The molecule has 1 amide bonds. The topological polar surface area (TPSA) is 50.4 Å². The number of ether oxygens (including phenoxy) is 1. The van der Waals surface area contributed by atoms with Crippen LogP contribution in [0, 0.1) is 5.92 Å². The van der Waals surface area contributed by atoms with Gasteiger partial charge in [0.2, 0.25) is 0 Å². The Morgan fingerprint density at radius 3 is 2.42 bits per heavy atom. The van der Waals surface area contributed by atoms with Crippen molar-refractivity contribution < 1.29 is 9.53 Å². The molecule has 0 radical (unpaired) electrons. The van der Waals surface area contributed by atoms with Crippen LogP contribution in [0.25, 0.3) is 0 Å². The first-order valence-corrected chi connectivity index (χ1v) is 7.15. The van der Waals surface area contributed by atoms with Gasteiger partial charge in [-0.2, -0.15) is 0 Å². The summed E-state index contributed by atoms with van der Waals surface area (Å²) < 4.78 is 5.16. The molecule has 0 saturated heterocycles. The monoisotopic (exact) mass is 292 g/mol. The molecule has 0 atom stereocenters.